The summed E-state index contributed by atoms with van der Waals surface area (Å²) in [7, 11) is -3.74. The standard InChI is InChI=1S/C19H24N4O5S/c1-14-7-9-16(10-8-14)29(26,27)21-12-11-17(18(24)23-20)22-19(25)28-13-15-5-3-2-4-6-15/h2-10,17,21H,11-13,20H2,1H3,(H,22,25)(H,23,24)/t17-/m0/s1. The SMILES string of the molecule is Cc1ccc(S(=O)(=O)NCC[C@H](NC(=O)OCc2ccccc2)C(=O)NN)cc1. The van der Waals surface area contributed by atoms with E-state index in [0.29, 0.717) is 0 Å². The van der Waals surface area contributed by atoms with Gasteiger partial charge in [0, 0.05) is 6.54 Å². The topological polar surface area (TPSA) is 140 Å². The first kappa shape index (κ1) is 22.3. The highest BCUT2D eigenvalue weighted by Gasteiger charge is 2.22. The third kappa shape index (κ3) is 7.18. The summed E-state index contributed by atoms with van der Waals surface area (Å²) < 4.78 is 32.1. The number of carbonyl (C=O) groups excluding carboxylic acids is 2. The highest BCUT2D eigenvalue weighted by Crippen LogP contribution is 2.10. The van der Waals surface area contributed by atoms with E-state index in [1.807, 2.05) is 18.4 Å². The Kier molecular flexibility index (Phi) is 8.13. The second kappa shape index (κ2) is 10.6. The molecule has 2 aromatic carbocycles. The number of carbonyl (C=O) groups is 2. The minimum atomic E-state index is -3.74. The average molecular weight is 420 g/mol. The minimum Gasteiger partial charge on any atom is -0.445 e. The third-order valence-corrected chi connectivity index (χ3v) is 5.50. The summed E-state index contributed by atoms with van der Waals surface area (Å²) in [6.07, 6.45) is -0.835. The molecule has 0 aliphatic carbocycles. The molecule has 0 aromatic heterocycles. The number of sulfonamides is 1. The van der Waals surface area contributed by atoms with Crippen molar-refractivity contribution < 1.29 is 22.7 Å². The van der Waals surface area contributed by atoms with E-state index in [4.69, 9.17) is 10.6 Å². The largest absolute Gasteiger partial charge is 0.445 e. The number of rotatable bonds is 9. The van der Waals surface area contributed by atoms with E-state index in [1.54, 1.807) is 36.4 Å². The number of nitrogens with two attached hydrogens (primary N) is 1. The maximum atomic E-state index is 12.3. The molecule has 0 bridgehead atoms. The summed E-state index contributed by atoms with van der Waals surface area (Å²) in [5, 5.41) is 2.38. The van der Waals surface area contributed by atoms with Crippen LogP contribution in [0.5, 0.6) is 0 Å². The van der Waals surface area contributed by atoms with Crippen molar-refractivity contribution in [1.29, 1.82) is 0 Å². The van der Waals surface area contributed by atoms with Crippen LogP contribution in [0.2, 0.25) is 0 Å². The molecule has 0 spiro atoms. The van der Waals surface area contributed by atoms with E-state index in [1.165, 1.54) is 12.1 Å². The number of hydrogen-bond donors (Lipinski definition) is 4. The first-order chi connectivity index (χ1) is 13.8. The Morgan fingerprint density at radius 3 is 2.34 bits per heavy atom. The van der Waals surface area contributed by atoms with Crippen molar-refractivity contribution in [3.05, 3.63) is 65.7 Å². The van der Waals surface area contributed by atoms with E-state index in [9.17, 15) is 18.0 Å². The Balaban J connectivity index is 1.88. The maximum absolute atomic E-state index is 12.3. The van der Waals surface area contributed by atoms with Crippen LogP contribution in [-0.2, 0) is 26.2 Å². The summed E-state index contributed by atoms with van der Waals surface area (Å²) in [4.78, 5) is 24.0. The number of hydrazine groups is 1. The average Bonchev–Trinajstić information content (AvgIpc) is 2.72. The van der Waals surface area contributed by atoms with Crippen molar-refractivity contribution in [3.8, 4) is 0 Å². The second-order valence-corrected chi connectivity index (χ2v) is 8.03. The van der Waals surface area contributed by atoms with Gasteiger partial charge in [0.15, 0.2) is 0 Å². The normalized spacial score (nSPS) is 12.1. The molecule has 9 nitrogen and oxygen atoms in total. The first-order valence-electron chi connectivity index (χ1n) is 8.86. The number of ether oxygens (including phenoxy) is 1. The Morgan fingerprint density at radius 1 is 1.07 bits per heavy atom. The van der Waals surface area contributed by atoms with Crippen LogP contribution in [0.1, 0.15) is 17.5 Å². The lowest BCUT2D eigenvalue weighted by Gasteiger charge is -2.17. The number of alkyl carbamates (subject to hydrolysis) is 1. The van der Waals surface area contributed by atoms with Crippen LogP contribution in [0.3, 0.4) is 0 Å². The molecule has 0 radical (unpaired) electrons. The van der Waals surface area contributed by atoms with Crippen molar-refractivity contribution in [2.75, 3.05) is 6.54 Å². The molecule has 5 N–H and O–H groups in total. The molecule has 156 valence electrons. The molecule has 0 saturated carbocycles. The predicted molar refractivity (Wildman–Crippen MR) is 107 cm³/mol. The molecule has 10 heteroatoms. The van der Waals surface area contributed by atoms with Gasteiger partial charge in [-0.15, -0.1) is 0 Å². The van der Waals surface area contributed by atoms with E-state index in [-0.39, 0.29) is 24.5 Å². The van der Waals surface area contributed by atoms with Crippen LogP contribution < -0.4 is 21.3 Å². The molecule has 29 heavy (non-hydrogen) atoms. The molecule has 2 rings (SSSR count). The molecule has 0 aliphatic heterocycles. The van der Waals surface area contributed by atoms with Crippen LogP contribution in [0.25, 0.3) is 0 Å². The van der Waals surface area contributed by atoms with E-state index in [2.05, 4.69) is 10.0 Å². The highest BCUT2D eigenvalue weighted by atomic mass is 32.2. The second-order valence-electron chi connectivity index (χ2n) is 6.27. The molecular formula is C19H24N4O5S. The van der Waals surface area contributed by atoms with Crippen molar-refractivity contribution >= 4 is 22.0 Å². The van der Waals surface area contributed by atoms with Gasteiger partial charge in [0.2, 0.25) is 10.0 Å². The van der Waals surface area contributed by atoms with Crippen molar-refractivity contribution in [1.82, 2.24) is 15.5 Å². The van der Waals surface area contributed by atoms with Crippen molar-refractivity contribution in [3.63, 3.8) is 0 Å². The zero-order valence-electron chi connectivity index (χ0n) is 15.9. The van der Waals surface area contributed by atoms with Gasteiger partial charge in [0.1, 0.15) is 12.6 Å². The summed E-state index contributed by atoms with van der Waals surface area (Å²) in [6, 6.07) is 14.3. The predicted octanol–water partition coefficient (Wildman–Crippen LogP) is 0.948. The van der Waals surface area contributed by atoms with Gasteiger partial charge in [0.05, 0.1) is 4.90 Å². The number of amides is 2. The van der Waals surface area contributed by atoms with Gasteiger partial charge >= 0.3 is 6.09 Å². The summed E-state index contributed by atoms with van der Waals surface area (Å²) in [6.45, 7) is 1.79. The van der Waals surface area contributed by atoms with Crippen molar-refractivity contribution in [2.45, 2.75) is 30.9 Å². The van der Waals surface area contributed by atoms with Gasteiger partial charge in [-0.2, -0.15) is 0 Å². The maximum Gasteiger partial charge on any atom is 0.408 e. The van der Waals surface area contributed by atoms with Gasteiger partial charge < -0.3 is 10.1 Å². The molecule has 2 amide bonds. The molecule has 1 atom stereocenters. The Hall–Kier alpha value is -2.95. The van der Waals surface area contributed by atoms with Gasteiger partial charge in [-0.05, 0) is 31.0 Å². The van der Waals surface area contributed by atoms with Crippen LogP contribution in [0.15, 0.2) is 59.5 Å². The Labute approximate surface area is 169 Å². The third-order valence-electron chi connectivity index (χ3n) is 4.02. The molecule has 0 saturated heterocycles. The minimum absolute atomic E-state index is 0.0193. The van der Waals surface area contributed by atoms with Crippen molar-refractivity contribution in [2.24, 2.45) is 5.84 Å². The fourth-order valence-electron chi connectivity index (χ4n) is 2.41. The monoisotopic (exact) mass is 420 g/mol. The number of benzene rings is 2. The fraction of sp³-hybridized carbons (Fsp3) is 0.263. The van der Waals surface area contributed by atoms with Gasteiger partial charge in [0.25, 0.3) is 5.91 Å². The van der Waals surface area contributed by atoms with Crippen LogP contribution in [0, 0.1) is 6.92 Å². The zero-order valence-corrected chi connectivity index (χ0v) is 16.7. The van der Waals surface area contributed by atoms with Gasteiger partial charge in [-0.3, -0.25) is 10.2 Å². The molecule has 0 fully saturated rings. The quantitative estimate of drug-likeness (QED) is 0.271. The molecule has 0 unspecified atom stereocenters. The van der Waals surface area contributed by atoms with Gasteiger partial charge in [-0.25, -0.2) is 23.8 Å². The zero-order chi connectivity index (χ0) is 21.3. The summed E-state index contributed by atoms with van der Waals surface area (Å²) in [5.74, 6) is 4.48. The molecule has 0 aliphatic rings. The fourth-order valence-corrected chi connectivity index (χ4v) is 3.46. The van der Waals surface area contributed by atoms with E-state index in [0.717, 1.165) is 11.1 Å². The summed E-state index contributed by atoms with van der Waals surface area (Å²) in [5.41, 5.74) is 3.66. The smallest absolute Gasteiger partial charge is 0.408 e. The first-order valence-corrected chi connectivity index (χ1v) is 10.3. The number of nitrogens with one attached hydrogen (secondary N) is 3. The lowest BCUT2D eigenvalue weighted by atomic mass is 10.2. The molecule has 2 aromatic rings. The Morgan fingerprint density at radius 2 is 1.72 bits per heavy atom. The Bertz CT molecular complexity index is 917. The molecule has 0 heterocycles. The van der Waals surface area contributed by atoms with Gasteiger partial charge in [-0.1, -0.05) is 48.0 Å². The number of hydrogen-bond acceptors (Lipinski definition) is 6. The van der Waals surface area contributed by atoms with E-state index < -0.39 is 28.1 Å². The lowest BCUT2D eigenvalue weighted by molar-refractivity contribution is -0.123. The lowest BCUT2D eigenvalue weighted by Crippen LogP contribution is -2.50. The number of aryl methyl sites for hydroxylation is 1. The highest BCUT2D eigenvalue weighted by molar-refractivity contribution is 7.89. The van der Waals surface area contributed by atoms with Crippen LogP contribution >= 0.6 is 0 Å². The molecular weight excluding hydrogens is 396 g/mol. The van der Waals surface area contributed by atoms with Crippen LogP contribution in [-0.4, -0.2) is 33.0 Å². The van der Waals surface area contributed by atoms with E-state index >= 15 is 0 Å². The van der Waals surface area contributed by atoms with Crippen LogP contribution in [0.4, 0.5) is 4.79 Å². The summed E-state index contributed by atoms with van der Waals surface area (Å²) >= 11 is 0.